The van der Waals surface area contributed by atoms with E-state index in [1.54, 1.807) is 23.1 Å². The predicted molar refractivity (Wildman–Crippen MR) is 107 cm³/mol. The summed E-state index contributed by atoms with van der Waals surface area (Å²) in [7, 11) is 0. The number of nitrogens with one attached hydrogen (secondary N) is 2. The Morgan fingerprint density at radius 3 is 2.50 bits per heavy atom. The highest BCUT2D eigenvalue weighted by Crippen LogP contribution is 2.05. The molecule has 0 atom stereocenters. The van der Waals surface area contributed by atoms with E-state index in [-0.39, 0.29) is 18.2 Å². The van der Waals surface area contributed by atoms with Gasteiger partial charge in [-0.2, -0.15) is 5.10 Å². The molecule has 2 aromatic heterocycles. The topological polar surface area (TPSA) is 88.9 Å². The Balaban J connectivity index is 1.35. The number of carbonyl (C=O) groups excluding carboxylic acids is 2. The van der Waals surface area contributed by atoms with Crippen LogP contribution in [-0.4, -0.2) is 33.1 Å². The van der Waals surface area contributed by atoms with Crippen LogP contribution >= 0.6 is 0 Å². The molecule has 0 unspecified atom stereocenters. The number of rotatable bonds is 9. The Hall–Kier alpha value is -3.48. The highest BCUT2D eigenvalue weighted by atomic mass is 16.2. The molecule has 0 aliphatic rings. The van der Waals surface area contributed by atoms with Crippen LogP contribution in [0.1, 0.15) is 17.5 Å². The monoisotopic (exact) mass is 377 g/mol. The van der Waals surface area contributed by atoms with Crippen molar-refractivity contribution in [3.8, 4) is 0 Å². The van der Waals surface area contributed by atoms with Gasteiger partial charge in [0.05, 0.1) is 6.42 Å². The first kappa shape index (κ1) is 19.3. The maximum absolute atomic E-state index is 12.0. The van der Waals surface area contributed by atoms with Gasteiger partial charge >= 0.3 is 0 Å². The molecule has 7 heteroatoms. The molecule has 144 valence electrons. The number of aromatic nitrogens is 3. The zero-order chi connectivity index (χ0) is 19.6. The number of hydrogen-bond acceptors (Lipinski definition) is 4. The van der Waals surface area contributed by atoms with E-state index in [0.717, 1.165) is 18.5 Å². The van der Waals surface area contributed by atoms with Gasteiger partial charge < -0.3 is 10.6 Å². The van der Waals surface area contributed by atoms with Crippen molar-refractivity contribution < 1.29 is 9.59 Å². The van der Waals surface area contributed by atoms with E-state index in [4.69, 9.17) is 0 Å². The Labute approximate surface area is 163 Å². The minimum Gasteiger partial charge on any atom is -0.355 e. The van der Waals surface area contributed by atoms with E-state index in [0.29, 0.717) is 18.8 Å². The Kier molecular flexibility index (Phi) is 6.89. The molecule has 28 heavy (non-hydrogen) atoms. The third kappa shape index (κ3) is 6.35. The summed E-state index contributed by atoms with van der Waals surface area (Å²) >= 11 is 0. The van der Waals surface area contributed by atoms with Gasteiger partial charge in [-0.05, 0) is 29.7 Å². The van der Waals surface area contributed by atoms with Gasteiger partial charge in [0.25, 0.3) is 0 Å². The molecule has 0 saturated carbocycles. The van der Waals surface area contributed by atoms with E-state index in [1.165, 1.54) is 5.56 Å². The van der Waals surface area contributed by atoms with Crippen LogP contribution in [0.15, 0.2) is 67.1 Å². The van der Waals surface area contributed by atoms with Crippen LogP contribution in [0.4, 0.5) is 5.82 Å². The van der Waals surface area contributed by atoms with Gasteiger partial charge in [-0.15, -0.1) is 0 Å². The Bertz CT molecular complexity index is 893. The highest BCUT2D eigenvalue weighted by molar-refractivity contribution is 5.90. The Morgan fingerprint density at radius 1 is 0.929 bits per heavy atom. The van der Waals surface area contributed by atoms with E-state index in [9.17, 15) is 9.59 Å². The summed E-state index contributed by atoms with van der Waals surface area (Å²) in [6.45, 7) is 1.01. The second-order valence-electron chi connectivity index (χ2n) is 6.38. The third-order valence-electron chi connectivity index (χ3n) is 4.17. The molecule has 0 bridgehead atoms. The van der Waals surface area contributed by atoms with E-state index >= 15 is 0 Å². The molecule has 2 heterocycles. The van der Waals surface area contributed by atoms with Crippen molar-refractivity contribution in [1.29, 1.82) is 0 Å². The molecule has 0 spiro atoms. The lowest BCUT2D eigenvalue weighted by atomic mass is 10.1. The summed E-state index contributed by atoms with van der Waals surface area (Å²) < 4.78 is 1.79. The van der Waals surface area contributed by atoms with Gasteiger partial charge in [0.2, 0.25) is 11.8 Å². The van der Waals surface area contributed by atoms with Crippen LogP contribution in [-0.2, 0) is 29.0 Å². The average Bonchev–Trinajstić information content (AvgIpc) is 3.15. The number of anilines is 1. The number of carbonyl (C=O) groups is 2. The van der Waals surface area contributed by atoms with Crippen molar-refractivity contribution in [3.63, 3.8) is 0 Å². The summed E-state index contributed by atoms with van der Waals surface area (Å²) in [6.07, 6.45) is 6.71. The molecule has 0 radical (unpaired) electrons. The molecule has 1 aromatic carbocycles. The summed E-state index contributed by atoms with van der Waals surface area (Å²) in [5, 5.41) is 9.86. The normalized spacial score (nSPS) is 10.4. The number of amides is 2. The number of nitrogens with zero attached hydrogens (tertiary/aromatic N) is 3. The van der Waals surface area contributed by atoms with Crippen molar-refractivity contribution >= 4 is 17.6 Å². The summed E-state index contributed by atoms with van der Waals surface area (Å²) in [6, 6.07) is 15.2. The highest BCUT2D eigenvalue weighted by Gasteiger charge is 2.07. The second-order valence-corrected chi connectivity index (χ2v) is 6.38. The zero-order valence-corrected chi connectivity index (χ0v) is 15.5. The molecule has 0 aliphatic heterocycles. The van der Waals surface area contributed by atoms with Crippen LogP contribution in [0, 0.1) is 0 Å². The lowest BCUT2D eigenvalue weighted by molar-refractivity contribution is -0.120. The van der Waals surface area contributed by atoms with Crippen molar-refractivity contribution in [3.05, 3.63) is 78.2 Å². The molecule has 2 N–H and O–H groups in total. The first-order valence-electron chi connectivity index (χ1n) is 9.22. The average molecular weight is 377 g/mol. The smallest absolute Gasteiger partial charge is 0.227 e. The van der Waals surface area contributed by atoms with Crippen molar-refractivity contribution in [2.75, 3.05) is 11.9 Å². The summed E-state index contributed by atoms with van der Waals surface area (Å²) in [5.74, 6) is 0.231. The Morgan fingerprint density at radius 2 is 1.71 bits per heavy atom. The molecule has 2 amide bonds. The van der Waals surface area contributed by atoms with Gasteiger partial charge in [0.15, 0.2) is 5.82 Å². The maximum Gasteiger partial charge on any atom is 0.227 e. The van der Waals surface area contributed by atoms with Gasteiger partial charge in [0, 0.05) is 44.2 Å². The van der Waals surface area contributed by atoms with Gasteiger partial charge in [-0.1, -0.05) is 30.3 Å². The molecule has 3 aromatic rings. The first-order valence-corrected chi connectivity index (χ1v) is 9.22. The molecular weight excluding hydrogens is 354 g/mol. The van der Waals surface area contributed by atoms with Gasteiger partial charge in [-0.25, -0.2) is 0 Å². The van der Waals surface area contributed by atoms with Gasteiger partial charge in [-0.3, -0.25) is 19.3 Å². The minimum atomic E-state index is -0.181. The molecule has 0 saturated heterocycles. The molecular formula is C21H23N5O2. The molecule has 0 fully saturated rings. The maximum atomic E-state index is 12.0. The SMILES string of the molecule is O=C(Cc1ccccc1)NCCC(=O)Nc1ccn(CCc2ccncc2)n1. The lowest BCUT2D eigenvalue weighted by Gasteiger charge is -2.06. The quantitative estimate of drug-likeness (QED) is 0.598. The van der Waals surface area contributed by atoms with Crippen molar-refractivity contribution in [2.24, 2.45) is 0 Å². The standard InChI is InChI=1S/C21H23N5O2/c27-20(8-13-23-21(28)16-18-4-2-1-3-5-18)24-19-10-15-26(25-19)14-9-17-6-11-22-12-7-17/h1-7,10-12,15H,8-9,13-14,16H2,(H,23,28)(H,24,25,27). The largest absolute Gasteiger partial charge is 0.355 e. The first-order chi connectivity index (χ1) is 13.7. The van der Waals surface area contributed by atoms with Crippen LogP contribution in [0.25, 0.3) is 0 Å². The van der Waals surface area contributed by atoms with Gasteiger partial charge in [0.1, 0.15) is 0 Å². The van der Waals surface area contributed by atoms with Crippen molar-refractivity contribution in [2.45, 2.75) is 25.8 Å². The molecule has 3 rings (SSSR count). The van der Waals surface area contributed by atoms with Crippen LogP contribution in [0.3, 0.4) is 0 Å². The fourth-order valence-corrected chi connectivity index (χ4v) is 2.71. The number of aryl methyl sites for hydroxylation is 2. The number of hydrogen-bond donors (Lipinski definition) is 2. The molecule has 7 nitrogen and oxygen atoms in total. The molecule has 0 aliphatic carbocycles. The minimum absolute atomic E-state index is 0.0978. The van der Waals surface area contributed by atoms with Crippen LogP contribution in [0.2, 0.25) is 0 Å². The third-order valence-corrected chi connectivity index (χ3v) is 4.17. The fraction of sp³-hybridized carbons (Fsp3) is 0.238. The predicted octanol–water partition coefficient (Wildman–Crippen LogP) is 2.21. The van der Waals surface area contributed by atoms with E-state index in [2.05, 4.69) is 20.7 Å². The lowest BCUT2D eigenvalue weighted by Crippen LogP contribution is -2.28. The van der Waals surface area contributed by atoms with E-state index in [1.807, 2.05) is 48.7 Å². The van der Waals surface area contributed by atoms with Crippen molar-refractivity contribution in [1.82, 2.24) is 20.1 Å². The second kappa shape index (κ2) is 10.0. The fourth-order valence-electron chi connectivity index (χ4n) is 2.71. The zero-order valence-electron chi connectivity index (χ0n) is 15.5. The number of benzene rings is 1. The van der Waals surface area contributed by atoms with Crippen LogP contribution < -0.4 is 10.6 Å². The summed E-state index contributed by atoms with van der Waals surface area (Å²) in [4.78, 5) is 27.9. The summed E-state index contributed by atoms with van der Waals surface area (Å²) in [5.41, 5.74) is 2.13. The van der Waals surface area contributed by atoms with Crippen LogP contribution in [0.5, 0.6) is 0 Å². The number of pyridine rings is 1. The van der Waals surface area contributed by atoms with E-state index < -0.39 is 0 Å².